The van der Waals surface area contributed by atoms with Gasteiger partial charge in [0, 0.05) is 43.2 Å². The molecule has 0 spiro atoms. The average molecular weight is 445 g/mol. The molecule has 1 atom stereocenters. The van der Waals surface area contributed by atoms with E-state index in [2.05, 4.69) is 21.4 Å². The molecule has 1 unspecified atom stereocenters. The minimum absolute atomic E-state index is 0.0156. The monoisotopic (exact) mass is 445 g/mol. The van der Waals surface area contributed by atoms with E-state index in [9.17, 15) is 17.2 Å². The van der Waals surface area contributed by atoms with Gasteiger partial charge in [0.1, 0.15) is 5.69 Å². The summed E-state index contributed by atoms with van der Waals surface area (Å²) in [4.78, 5) is 10.8. The molecule has 1 saturated heterocycles. The van der Waals surface area contributed by atoms with Gasteiger partial charge in [-0.1, -0.05) is 12.1 Å². The van der Waals surface area contributed by atoms with Crippen molar-refractivity contribution in [3.05, 3.63) is 35.0 Å². The first-order valence-corrected chi connectivity index (χ1v) is 11.9. The van der Waals surface area contributed by atoms with Crippen molar-refractivity contribution in [2.24, 2.45) is 0 Å². The van der Waals surface area contributed by atoms with Crippen LogP contribution in [0.5, 0.6) is 0 Å². The van der Waals surface area contributed by atoms with Crippen LogP contribution in [0.15, 0.2) is 23.1 Å². The Bertz CT molecular complexity index is 1210. The van der Waals surface area contributed by atoms with Crippen molar-refractivity contribution in [3.8, 4) is 17.3 Å². The second-order valence-electron chi connectivity index (χ2n) is 8.22. The first-order valence-electron chi connectivity index (χ1n) is 10.3. The Morgan fingerprint density at radius 2 is 2.16 bits per heavy atom. The molecular formula is C21H21F2N5O2S. The lowest BCUT2D eigenvalue weighted by Gasteiger charge is -2.40. The lowest BCUT2D eigenvalue weighted by Crippen LogP contribution is -2.48. The van der Waals surface area contributed by atoms with Gasteiger partial charge < -0.3 is 10.2 Å². The minimum Gasteiger partial charge on any atom is -0.337 e. The van der Waals surface area contributed by atoms with Crippen molar-refractivity contribution in [3.63, 3.8) is 0 Å². The fraction of sp³-hybridized carbons (Fsp3) is 0.476. The van der Waals surface area contributed by atoms with Gasteiger partial charge in [-0.15, -0.1) is 0 Å². The predicted molar refractivity (Wildman–Crippen MR) is 109 cm³/mol. The number of nitriles is 1. The molecule has 162 valence electrons. The van der Waals surface area contributed by atoms with Gasteiger partial charge in [0.2, 0.25) is 5.95 Å². The van der Waals surface area contributed by atoms with Crippen molar-refractivity contribution in [1.29, 1.82) is 5.26 Å². The number of alkyl halides is 2. The number of nitrogens with one attached hydrogen (secondary N) is 1. The Balaban J connectivity index is 1.66. The molecule has 1 aromatic carbocycles. The normalized spacial score (nSPS) is 23.3. The highest BCUT2D eigenvalue weighted by atomic mass is 32.2. The third-order valence-corrected chi connectivity index (χ3v) is 8.09. The summed E-state index contributed by atoms with van der Waals surface area (Å²) in [6.07, 6.45) is 0.841. The first-order chi connectivity index (χ1) is 14.8. The van der Waals surface area contributed by atoms with E-state index in [1.54, 1.807) is 23.1 Å². The van der Waals surface area contributed by atoms with Crippen LogP contribution in [0.4, 0.5) is 14.7 Å². The maximum absolute atomic E-state index is 14.6. The summed E-state index contributed by atoms with van der Waals surface area (Å²) in [5, 5.41) is 12.1. The molecule has 31 heavy (non-hydrogen) atoms. The summed E-state index contributed by atoms with van der Waals surface area (Å²) in [5.41, 5.74) is 1.60. The van der Waals surface area contributed by atoms with Gasteiger partial charge in [0.25, 0.3) is 5.92 Å². The summed E-state index contributed by atoms with van der Waals surface area (Å²) in [6, 6.07) is 7.05. The van der Waals surface area contributed by atoms with Crippen LogP contribution in [-0.2, 0) is 28.7 Å². The van der Waals surface area contributed by atoms with Gasteiger partial charge in [0.15, 0.2) is 9.84 Å². The topological polar surface area (TPSA) is 99.0 Å². The molecule has 5 rings (SSSR count). The largest absolute Gasteiger partial charge is 0.337 e. The predicted octanol–water partition coefficient (Wildman–Crippen LogP) is 2.55. The smallest absolute Gasteiger partial charge is 0.290 e. The Hall–Kier alpha value is -2.64. The van der Waals surface area contributed by atoms with Crippen LogP contribution in [0, 0.1) is 11.3 Å². The molecule has 1 N–H and O–H groups in total. The number of benzene rings is 1. The maximum atomic E-state index is 14.6. The lowest BCUT2D eigenvalue weighted by molar-refractivity contribution is -0.00595. The highest BCUT2D eigenvalue weighted by Crippen LogP contribution is 2.45. The molecule has 1 aromatic heterocycles. The molecule has 0 bridgehead atoms. The molecule has 0 saturated carbocycles. The lowest BCUT2D eigenvalue weighted by atomic mass is 10.0. The molecule has 0 radical (unpaired) electrons. The van der Waals surface area contributed by atoms with Crippen LogP contribution in [0.25, 0.3) is 11.3 Å². The second kappa shape index (κ2) is 7.21. The summed E-state index contributed by atoms with van der Waals surface area (Å²) >= 11 is 0. The summed E-state index contributed by atoms with van der Waals surface area (Å²) in [6.45, 7) is 1.39. The summed E-state index contributed by atoms with van der Waals surface area (Å²) < 4.78 is 54.7. The average Bonchev–Trinajstić information content (AvgIpc) is 2.93. The number of rotatable bonds is 3. The maximum Gasteiger partial charge on any atom is 0.290 e. The number of halogens is 2. The molecule has 1 aliphatic carbocycles. The molecule has 7 nitrogen and oxygen atoms in total. The van der Waals surface area contributed by atoms with Gasteiger partial charge in [-0.05, 0) is 24.5 Å². The second-order valence-corrected chi connectivity index (χ2v) is 10.3. The van der Waals surface area contributed by atoms with E-state index < -0.39 is 15.8 Å². The minimum atomic E-state index is -3.48. The number of fused-ring (bicyclic) bond motifs is 2. The summed E-state index contributed by atoms with van der Waals surface area (Å²) in [7, 11) is -3.48. The van der Waals surface area contributed by atoms with E-state index in [-0.39, 0.29) is 47.6 Å². The SMILES string of the molecule is N#CCC1CCN1c1nc(-c2ccc3c(c2)S(=O)(=O)CCNC3)c2c(n1)C(F)(F)CC2. The number of sulfone groups is 1. The Morgan fingerprint density at radius 1 is 1.32 bits per heavy atom. The van der Waals surface area contributed by atoms with Crippen molar-refractivity contribution in [2.75, 3.05) is 23.7 Å². The fourth-order valence-corrected chi connectivity index (χ4v) is 5.96. The third-order valence-electron chi connectivity index (χ3n) is 6.30. The van der Waals surface area contributed by atoms with Crippen LogP contribution in [0.3, 0.4) is 0 Å². The number of hydrogen-bond donors (Lipinski definition) is 1. The number of hydrogen-bond acceptors (Lipinski definition) is 7. The van der Waals surface area contributed by atoms with Crippen LogP contribution >= 0.6 is 0 Å². The molecule has 3 heterocycles. The van der Waals surface area contributed by atoms with Crippen molar-refractivity contribution >= 4 is 15.8 Å². The van der Waals surface area contributed by atoms with Crippen LogP contribution in [-0.4, -0.2) is 43.3 Å². The van der Waals surface area contributed by atoms with Gasteiger partial charge in [0.05, 0.1) is 28.8 Å². The Labute approximate surface area is 179 Å². The van der Waals surface area contributed by atoms with Crippen LogP contribution in [0.2, 0.25) is 0 Å². The standard InChI is InChI=1S/C21H21F2N5O2S/c22-21(23)6-3-16-18(26-20(27-19(16)21)28-9-5-15(28)4-7-24)13-1-2-14-12-25-8-10-31(29,30)17(14)11-13/h1-2,11,15,25H,3-6,8-10,12H2. The van der Waals surface area contributed by atoms with Gasteiger partial charge in [-0.2, -0.15) is 14.0 Å². The van der Waals surface area contributed by atoms with Crippen molar-refractivity contribution < 1.29 is 17.2 Å². The number of nitrogens with zero attached hydrogens (tertiary/aromatic N) is 4. The molecular weight excluding hydrogens is 424 g/mol. The van der Waals surface area contributed by atoms with E-state index in [0.717, 1.165) is 6.42 Å². The molecule has 10 heteroatoms. The Morgan fingerprint density at radius 3 is 2.90 bits per heavy atom. The third kappa shape index (κ3) is 3.36. The van der Waals surface area contributed by atoms with Crippen molar-refractivity contribution in [2.45, 2.75) is 49.1 Å². The number of aromatic nitrogens is 2. The Kier molecular flexibility index (Phi) is 4.71. The zero-order valence-corrected chi connectivity index (χ0v) is 17.6. The summed E-state index contributed by atoms with van der Waals surface area (Å²) in [5.74, 6) is -2.89. The van der Waals surface area contributed by atoms with E-state index in [1.807, 2.05) is 0 Å². The van der Waals surface area contributed by atoms with Gasteiger partial charge in [-0.25, -0.2) is 18.4 Å². The van der Waals surface area contributed by atoms with Crippen molar-refractivity contribution in [1.82, 2.24) is 15.3 Å². The fourth-order valence-electron chi connectivity index (χ4n) is 4.48. The number of anilines is 1. The molecule has 2 aromatic rings. The molecule has 3 aliphatic rings. The van der Waals surface area contributed by atoms with Gasteiger partial charge in [-0.3, -0.25) is 0 Å². The van der Waals surface area contributed by atoms with Crippen LogP contribution < -0.4 is 10.2 Å². The van der Waals surface area contributed by atoms with E-state index in [1.165, 1.54) is 0 Å². The highest BCUT2D eigenvalue weighted by molar-refractivity contribution is 7.91. The molecule has 0 amide bonds. The highest BCUT2D eigenvalue weighted by Gasteiger charge is 2.44. The van der Waals surface area contributed by atoms with Gasteiger partial charge >= 0.3 is 0 Å². The zero-order chi connectivity index (χ0) is 21.8. The molecule has 2 aliphatic heterocycles. The van der Waals surface area contributed by atoms with Crippen LogP contribution in [0.1, 0.15) is 36.1 Å². The molecule has 1 fully saturated rings. The quantitative estimate of drug-likeness (QED) is 0.775. The van der Waals surface area contributed by atoms with E-state index in [4.69, 9.17) is 5.26 Å². The first kappa shape index (κ1) is 20.3. The van der Waals surface area contributed by atoms with E-state index in [0.29, 0.717) is 42.0 Å². The zero-order valence-electron chi connectivity index (χ0n) is 16.7. The van der Waals surface area contributed by atoms with E-state index >= 15 is 0 Å².